The van der Waals surface area contributed by atoms with Crippen LogP contribution in [0.4, 0.5) is 127 Å². The maximum atomic E-state index is 12.9. The number of rotatable bonds is 34. The van der Waals surface area contributed by atoms with E-state index in [1.54, 1.807) is 61.2 Å². The van der Waals surface area contributed by atoms with E-state index in [1.807, 2.05) is 47.6 Å². The Morgan fingerprint density at radius 3 is 1.11 bits per heavy atom. The van der Waals surface area contributed by atoms with Crippen LogP contribution in [-0.4, -0.2) is 118 Å². The predicted octanol–water partition coefficient (Wildman–Crippen LogP) is 23.0. The summed E-state index contributed by atoms with van der Waals surface area (Å²) < 4.78 is 329. The number of ether oxygens (including phenoxy) is 1. The van der Waals surface area contributed by atoms with Crippen molar-refractivity contribution >= 4 is 87.3 Å². The SMILES string of the molecule is C.C.CC.CCS.CCS(=O)c1ccc(CNCC(F)(F)F)cc1CC(=O)Cc1cccc(C(F)(F)F)c1.CCSc1ccc(CNCC(F)(F)F)cc1CC(=O)Cc1cccc(C(F)(F)F)c1.CCSc1ccc(CNCC(F)(F)F)cc1N.CCSc1ccc(CNCC(F)(F)F)cc1[N+](=O)[O-].N#COc1cccc(C(F)(F)F)c1.O=[N+]([O-])c1cc(CNCC(F)(F)F)ccc1F.[2H]C.[H-].[Na+]. The molecule has 8 rings (SSSR count). The van der Waals surface area contributed by atoms with Crippen LogP contribution in [-0.2, 0) is 97.3 Å². The molecule has 8 aromatic carbocycles. The Bertz CT molecular complexity index is 4940. The van der Waals surface area contributed by atoms with E-state index in [2.05, 4.69) is 43.9 Å². The molecule has 1 unspecified atom stereocenters. The van der Waals surface area contributed by atoms with Gasteiger partial charge in [0.15, 0.2) is 0 Å². The van der Waals surface area contributed by atoms with Gasteiger partial charge in [0.1, 0.15) is 17.3 Å². The second-order valence-electron chi connectivity index (χ2n) is 26.6. The molecule has 758 valence electrons. The number of hydrogen-bond donors (Lipinski definition) is 7. The molecule has 0 heterocycles. The zero-order valence-electron chi connectivity index (χ0n) is 75.2. The molecule has 7 N–H and O–H groups in total. The number of hydrogen-bond acceptors (Lipinski definition) is 19. The Hall–Kier alpha value is -8.41. The molecule has 8 aromatic rings. The molecule has 136 heavy (non-hydrogen) atoms. The monoisotopic (exact) mass is 2080 g/mol. The summed E-state index contributed by atoms with van der Waals surface area (Å²) in [7, 11) is -0.160. The van der Waals surface area contributed by atoms with Gasteiger partial charge in [0.05, 0.1) is 75.0 Å². The molecule has 0 bridgehead atoms. The number of nitrogens with two attached hydrogens (primary N) is 1. The Kier molecular flexibility index (Phi) is 64.2. The van der Waals surface area contributed by atoms with E-state index in [4.69, 9.17) is 12.4 Å². The van der Waals surface area contributed by atoms with Crippen molar-refractivity contribution in [2.24, 2.45) is 0 Å². The van der Waals surface area contributed by atoms with Crippen LogP contribution in [0.2, 0.25) is 0 Å². The number of nitro groups is 2. The minimum Gasteiger partial charge on any atom is -1.00 e. The molecule has 0 saturated heterocycles. The first kappa shape index (κ1) is 132. The smallest absolute Gasteiger partial charge is 1.00 e. The van der Waals surface area contributed by atoms with E-state index >= 15 is 0 Å². The summed E-state index contributed by atoms with van der Waals surface area (Å²) in [5, 5.41) is 40.5. The first-order valence-corrected chi connectivity index (χ1v) is 43.9. The van der Waals surface area contributed by atoms with E-state index in [-0.39, 0.29) is 144 Å². The summed E-state index contributed by atoms with van der Waals surface area (Å²) in [5.74, 6) is 1.76. The normalized spacial score (nSPS) is 11.5. The Morgan fingerprint density at radius 1 is 0.449 bits per heavy atom. The minimum atomic E-state index is -4.53. The number of thiol groups is 1. The number of nitrogen functional groups attached to an aromatic ring is 1. The van der Waals surface area contributed by atoms with Gasteiger partial charge < -0.3 is 38.5 Å². The second kappa shape index (κ2) is 66.3. The second-order valence-corrected chi connectivity index (χ2v) is 32.9. The van der Waals surface area contributed by atoms with Crippen molar-refractivity contribution < 1.29 is 170 Å². The molecule has 48 heteroatoms. The number of benzene rings is 8. The van der Waals surface area contributed by atoms with Gasteiger partial charge in [-0.15, -0.1) is 40.5 Å². The number of nitro benzene ring substituents is 2. The molecule has 0 saturated carbocycles. The molecule has 17 nitrogen and oxygen atoms in total. The zero-order chi connectivity index (χ0) is 103. The molecule has 0 spiro atoms. The Morgan fingerprint density at radius 2 is 0.757 bits per heavy atom. The average Bonchev–Trinajstić information content (AvgIpc) is 0.825. The number of carbonyl (C=O) groups is 2. The molecule has 0 aliphatic carbocycles. The maximum Gasteiger partial charge on any atom is 1.00 e. The third-order valence-corrected chi connectivity index (χ3v) is 20.2. The van der Waals surface area contributed by atoms with Crippen molar-refractivity contribution in [3.63, 3.8) is 0 Å². The minimum absolute atomic E-state index is 0. The van der Waals surface area contributed by atoms with E-state index in [0.29, 0.717) is 49.0 Å². The standard InChI is InChI=1S/C21H21F6NO2S.C21H21F6NOS.C11H13F3N2O2S.C11H15F3N2S.C9H8F4N2O2.C8H4F3NO.C2H6S.C2H6.3CH4.Na.H/c1-2-31(30)19-7-6-15(12-28-13-20(22,23)24)8-16(19)11-18(29)10-14-4-3-5-17(9-14)21(25,26)27;1-2-30-19-7-6-15(12-28-13-20(22,23)24)8-16(19)11-18(29)10-14-4-3-5-17(9-14)21(25,26)27;1-2-19-10-4-3-8(5-9(10)16(17)18)6-15-7-11(12,13)14;1-2-17-10-4-3-8(5-9(10)15)6-16-7-11(12,13)14;10-7-2-1-6(3-8(7)15(16)17)4-14-5-9(11,12)13;9-8(10,11)6-2-1-3-7(4-6)13-5-12;1-2-3;1-2;;;;;/h3-9,28H,2,10-13H2,1H3;3-9,28H,2,10-13H2,1H3;3-5,15H,2,6-7H2,1H3;3-5,16H,2,6-7,15H2,1H3;1-3,14H,4-5H2;1-4H;3H,2H2,1H3;1-2H3;3*1H4;;/q;;;;;;;;;;;+1;-1/i;;;;;;;;1D;;;;. The number of halogens is 25. The van der Waals surface area contributed by atoms with Crippen LogP contribution in [0.1, 0.15) is 140 Å². The number of anilines is 1. The topological polar surface area (TPSA) is 257 Å². The molecule has 0 aliphatic rings. The van der Waals surface area contributed by atoms with Crippen LogP contribution in [0, 0.1) is 37.6 Å². The summed E-state index contributed by atoms with van der Waals surface area (Å²) in [4.78, 5) is 47.5. The number of ketones is 2. The van der Waals surface area contributed by atoms with Crippen LogP contribution in [0.25, 0.3) is 0 Å². The van der Waals surface area contributed by atoms with Gasteiger partial charge in [-0.3, -0.25) is 34.0 Å². The number of Topliss-reactive ketones (excluding diaryl/α,β-unsaturated/α-hetero) is 2. The number of nitrogens with zero attached hydrogens (tertiary/aromatic N) is 3. The molecule has 0 amide bonds. The summed E-state index contributed by atoms with van der Waals surface area (Å²) in [6.45, 7) is 7.64. The van der Waals surface area contributed by atoms with E-state index < -0.39 is 137 Å². The average molecular weight is 2080 g/mol. The van der Waals surface area contributed by atoms with Crippen LogP contribution in [0.5, 0.6) is 5.75 Å². The first-order chi connectivity index (χ1) is 62.4. The van der Waals surface area contributed by atoms with Crippen LogP contribution in [0.15, 0.2) is 183 Å². The fraction of sp³-hybridized carbons (Fsp3) is 0.420. The third-order valence-electron chi connectivity index (χ3n) is 15.8. The van der Waals surface area contributed by atoms with E-state index in [1.165, 1.54) is 104 Å². The van der Waals surface area contributed by atoms with E-state index in [9.17, 15) is 144 Å². The molecule has 0 aromatic heterocycles. The van der Waals surface area contributed by atoms with Gasteiger partial charge in [0.2, 0.25) is 5.82 Å². The number of alkyl halides is 24. The van der Waals surface area contributed by atoms with Crippen molar-refractivity contribution in [3.8, 4) is 12.0 Å². The molecular formula is C88H107F25N9NaO8S5. The van der Waals surface area contributed by atoms with Crippen molar-refractivity contribution in [1.82, 2.24) is 26.6 Å². The van der Waals surface area contributed by atoms with Crippen LogP contribution in [0.3, 0.4) is 0 Å². The van der Waals surface area contributed by atoms with Gasteiger partial charge in [0.25, 0.3) is 11.9 Å². The van der Waals surface area contributed by atoms with E-state index in [0.717, 1.165) is 81.1 Å². The van der Waals surface area contributed by atoms with Gasteiger partial charge >= 0.3 is 84.7 Å². The Labute approximate surface area is 818 Å². The number of nitriles is 1. The molecule has 1 atom stereocenters. The maximum absolute atomic E-state index is 12.9. The van der Waals surface area contributed by atoms with Gasteiger partial charge in [-0.2, -0.15) is 122 Å². The van der Waals surface area contributed by atoms with Crippen molar-refractivity contribution in [3.05, 3.63) is 257 Å². The molecule has 0 fully saturated rings. The fourth-order valence-electron chi connectivity index (χ4n) is 10.6. The molecule has 0 radical (unpaired) electrons. The van der Waals surface area contributed by atoms with Gasteiger partial charge in [0, 0.05) is 98.0 Å². The largest absolute Gasteiger partial charge is 1.00 e. The third kappa shape index (κ3) is 59.1. The quantitative estimate of drug-likeness (QED) is 0.00289. The van der Waals surface area contributed by atoms with Crippen LogP contribution < -0.4 is 66.6 Å². The van der Waals surface area contributed by atoms with Crippen molar-refractivity contribution in [2.75, 3.05) is 67.2 Å². The zero-order valence-corrected chi connectivity index (χ0v) is 79.4. The number of carbonyl (C=O) groups excluding carboxylic acids is 2. The van der Waals surface area contributed by atoms with Crippen molar-refractivity contribution in [1.29, 1.82) is 5.26 Å². The fourth-order valence-corrected chi connectivity index (χ4v) is 13.8. The van der Waals surface area contributed by atoms with Gasteiger partial charge in [-0.05, 0) is 140 Å². The predicted molar refractivity (Wildman–Crippen MR) is 482 cm³/mol. The van der Waals surface area contributed by atoms with Crippen molar-refractivity contribution in [2.45, 2.75) is 198 Å². The number of thioether (sulfide) groups is 3. The molecule has 0 aliphatic heterocycles. The number of nitrogens with one attached hydrogen (secondary N) is 5. The first-order valence-electron chi connectivity index (χ1n) is 40.0. The van der Waals surface area contributed by atoms with Gasteiger partial charge in [-0.1, -0.05) is 156 Å². The molecular weight excluding hydrogens is 1970 g/mol. The summed E-state index contributed by atoms with van der Waals surface area (Å²) in [6, 6.07) is 35.6. The van der Waals surface area contributed by atoms with Crippen LogP contribution >= 0.6 is 47.9 Å². The Balaban J connectivity index is -0.000000514. The summed E-state index contributed by atoms with van der Waals surface area (Å²) in [6.07, 6.45) is -34.2. The summed E-state index contributed by atoms with van der Waals surface area (Å²) in [5.41, 5.74) is 7.09. The van der Waals surface area contributed by atoms with Gasteiger partial charge in [-0.25, -0.2) is 0 Å². The summed E-state index contributed by atoms with van der Waals surface area (Å²) >= 11 is 8.22.